The molecule has 0 bridgehead atoms. The molecular formula is C16H23ClN4OS. The van der Waals surface area contributed by atoms with Crippen molar-refractivity contribution in [3.8, 4) is 0 Å². The topological polar surface area (TPSA) is 31.0 Å². The highest BCUT2D eigenvalue weighted by Gasteiger charge is 2.26. The van der Waals surface area contributed by atoms with Gasteiger partial charge in [-0.15, -0.1) is 11.3 Å². The van der Waals surface area contributed by atoms with Crippen LogP contribution in [0.3, 0.4) is 0 Å². The molecule has 0 unspecified atom stereocenters. The van der Waals surface area contributed by atoms with Crippen molar-refractivity contribution in [2.24, 2.45) is 0 Å². The van der Waals surface area contributed by atoms with Gasteiger partial charge in [0.1, 0.15) is 0 Å². The van der Waals surface area contributed by atoms with Gasteiger partial charge in [-0.25, -0.2) is 0 Å². The molecule has 0 amide bonds. The van der Waals surface area contributed by atoms with E-state index in [1.54, 1.807) is 11.3 Å². The number of hydrogen-bond donors (Lipinski definition) is 1. The van der Waals surface area contributed by atoms with E-state index in [2.05, 4.69) is 32.3 Å². The molecular weight excluding hydrogens is 332 g/mol. The van der Waals surface area contributed by atoms with Crippen LogP contribution in [0.4, 0.5) is 0 Å². The summed E-state index contributed by atoms with van der Waals surface area (Å²) in [6.45, 7) is 9.90. The standard InChI is InChI=1S/C16H23ClN4OS/c17-16-9-13-14(21-5-7-22-8-6-21)10-20(11-15(13)23-16)12-19-3-1-18-2-4-19/h9-10,18H,1-8,11-12H2. The summed E-state index contributed by atoms with van der Waals surface area (Å²) in [5, 5.41) is 3.42. The van der Waals surface area contributed by atoms with Crippen LogP contribution in [-0.2, 0) is 11.3 Å². The monoisotopic (exact) mass is 354 g/mol. The van der Waals surface area contributed by atoms with E-state index in [-0.39, 0.29) is 0 Å². The molecule has 126 valence electrons. The minimum absolute atomic E-state index is 0.808. The number of nitrogens with zero attached hydrogens (tertiary/aromatic N) is 3. The molecule has 23 heavy (non-hydrogen) atoms. The maximum Gasteiger partial charge on any atom is 0.0938 e. The first-order valence-electron chi connectivity index (χ1n) is 8.30. The number of rotatable bonds is 3. The molecule has 2 saturated heterocycles. The van der Waals surface area contributed by atoms with Gasteiger partial charge >= 0.3 is 0 Å². The summed E-state index contributed by atoms with van der Waals surface area (Å²) in [5.41, 5.74) is 2.63. The van der Waals surface area contributed by atoms with Gasteiger partial charge in [0, 0.05) is 55.9 Å². The molecule has 7 heteroatoms. The first-order chi connectivity index (χ1) is 11.3. The van der Waals surface area contributed by atoms with Gasteiger partial charge in [0.2, 0.25) is 0 Å². The Hall–Kier alpha value is -0.790. The SMILES string of the molecule is Clc1cc2c(s1)CN(CN1CCNCC1)C=C2N1CCOCC1. The predicted octanol–water partition coefficient (Wildman–Crippen LogP) is 1.71. The highest BCUT2D eigenvalue weighted by atomic mass is 35.5. The molecule has 0 saturated carbocycles. The normalized spacial score (nSPS) is 22.9. The zero-order valence-corrected chi connectivity index (χ0v) is 14.8. The molecule has 4 heterocycles. The van der Waals surface area contributed by atoms with E-state index in [0.29, 0.717) is 0 Å². The lowest BCUT2D eigenvalue weighted by molar-refractivity contribution is 0.0625. The van der Waals surface area contributed by atoms with E-state index in [0.717, 1.165) is 70.0 Å². The van der Waals surface area contributed by atoms with E-state index in [1.807, 2.05) is 0 Å². The Labute approximate surface area is 146 Å². The number of fused-ring (bicyclic) bond motifs is 1. The van der Waals surface area contributed by atoms with Gasteiger partial charge in [0.15, 0.2) is 0 Å². The Kier molecular flexibility index (Phi) is 4.78. The Morgan fingerprint density at radius 3 is 2.74 bits per heavy atom. The van der Waals surface area contributed by atoms with Gasteiger partial charge in [-0.2, -0.15) is 0 Å². The zero-order valence-electron chi connectivity index (χ0n) is 13.3. The molecule has 1 aromatic heterocycles. The lowest BCUT2D eigenvalue weighted by Crippen LogP contribution is -2.47. The van der Waals surface area contributed by atoms with Crippen LogP contribution in [0.1, 0.15) is 10.4 Å². The molecule has 0 spiro atoms. The molecule has 4 rings (SSSR count). The average Bonchev–Trinajstić information content (AvgIpc) is 2.96. The van der Waals surface area contributed by atoms with Crippen LogP contribution in [0.5, 0.6) is 0 Å². The number of halogens is 1. The number of morpholine rings is 1. The largest absolute Gasteiger partial charge is 0.378 e. The van der Waals surface area contributed by atoms with E-state index in [9.17, 15) is 0 Å². The molecule has 0 radical (unpaired) electrons. The Morgan fingerprint density at radius 2 is 1.96 bits per heavy atom. The minimum atomic E-state index is 0.808. The minimum Gasteiger partial charge on any atom is -0.378 e. The third-order valence-electron chi connectivity index (χ3n) is 4.65. The Morgan fingerprint density at radius 1 is 1.17 bits per heavy atom. The van der Waals surface area contributed by atoms with Crippen LogP contribution < -0.4 is 5.32 Å². The van der Waals surface area contributed by atoms with Crippen molar-refractivity contribution < 1.29 is 4.74 Å². The van der Waals surface area contributed by atoms with Crippen molar-refractivity contribution in [2.75, 3.05) is 59.2 Å². The maximum absolute atomic E-state index is 6.31. The Balaban J connectivity index is 1.56. The second-order valence-corrected chi connectivity index (χ2v) is 8.03. The van der Waals surface area contributed by atoms with E-state index < -0.39 is 0 Å². The summed E-state index contributed by atoms with van der Waals surface area (Å²) in [5.74, 6) is 0. The maximum atomic E-state index is 6.31. The van der Waals surface area contributed by atoms with Crippen molar-refractivity contribution >= 4 is 28.6 Å². The van der Waals surface area contributed by atoms with E-state index in [1.165, 1.54) is 16.1 Å². The van der Waals surface area contributed by atoms with Gasteiger partial charge < -0.3 is 19.9 Å². The summed E-state index contributed by atoms with van der Waals surface area (Å²) >= 11 is 8.02. The van der Waals surface area contributed by atoms with Crippen LogP contribution in [0.25, 0.3) is 5.70 Å². The highest BCUT2D eigenvalue weighted by molar-refractivity contribution is 7.16. The fraction of sp³-hybridized carbons (Fsp3) is 0.625. The third kappa shape index (κ3) is 3.51. The van der Waals surface area contributed by atoms with Gasteiger partial charge in [-0.05, 0) is 6.07 Å². The van der Waals surface area contributed by atoms with Gasteiger partial charge in [-0.3, -0.25) is 4.90 Å². The molecule has 1 N–H and O–H groups in total. The smallest absolute Gasteiger partial charge is 0.0938 e. The van der Waals surface area contributed by atoms with Crippen LogP contribution in [-0.4, -0.2) is 73.9 Å². The van der Waals surface area contributed by atoms with E-state index in [4.69, 9.17) is 16.3 Å². The van der Waals surface area contributed by atoms with Crippen LogP contribution >= 0.6 is 22.9 Å². The van der Waals surface area contributed by atoms with Crippen molar-refractivity contribution in [3.05, 3.63) is 27.0 Å². The summed E-state index contributed by atoms with van der Waals surface area (Å²) in [6, 6.07) is 2.13. The summed E-state index contributed by atoms with van der Waals surface area (Å²) in [7, 11) is 0. The number of hydrogen-bond acceptors (Lipinski definition) is 6. The molecule has 0 atom stereocenters. The third-order valence-corrected chi connectivity index (χ3v) is 5.90. The Bertz CT molecular complexity index is 579. The van der Waals surface area contributed by atoms with Crippen molar-refractivity contribution in [1.29, 1.82) is 0 Å². The van der Waals surface area contributed by atoms with Crippen molar-refractivity contribution in [2.45, 2.75) is 6.54 Å². The quantitative estimate of drug-likeness (QED) is 0.893. The number of piperazine rings is 1. The van der Waals surface area contributed by atoms with E-state index >= 15 is 0 Å². The number of nitrogens with one attached hydrogen (secondary N) is 1. The van der Waals surface area contributed by atoms with Crippen molar-refractivity contribution in [1.82, 2.24) is 20.0 Å². The van der Waals surface area contributed by atoms with Crippen molar-refractivity contribution in [3.63, 3.8) is 0 Å². The number of ether oxygens (including phenoxy) is 1. The zero-order chi connectivity index (χ0) is 15.6. The molecule has 1 aromatic rings. The molecule has 3 aliphatic heterocycles. The van der Waals surface area contributed by atoms with Gasteiger partial charge in [-0.1, -0.05) is 11.6 Å². The molecule has 3 aliphatic rings. The van der Waals surface area contributed by atoms with Crippen LogP contribution in [0.2, 0.25) is 4.34 Å². The molecule has 5 nitrogen and oxygen atoms in total. The summed E-state index contributed by atoms with van der Waals surface area (Å²) < 4.78 is 6.40. The molecule has 2 fully saturated rings. The average molecular weight is 355 g/mol. The highest BCUT2D eigenvalue weighted by Crippen LogP contribution is 2.37. The molecule has 0 aliphatic carbocycles. The van der Waals surface area contributed by atoms with Gasteiger partial charge in [0.25, 0.3) is 0 Å². The van der Waals surface area contributed by atoms with Crippen LogP contribution in [0, 0.1) is 0 Å². The fourth-order valence-corrected chi connectivity index (χ4v) is 4.76. The summed E-state index contributed by atoms with van der Waals surface area (Å²) in [6.07, 6.45) is 2.33. The molecule has 0 aromatic carbocycles. The second kappa shape index (κ2) is 6.99. The number of thiophene rings is 1. The fourth-order valence-electron chi connectivity index (χ4n) is 3.46. The summed E-state index contributed by atoms with van der Waals surface area (Å²) in [4.78, 5) is 8.78. The lowest BCUT2D eigenvalue weighted by Gasteiger charge is -2.38. The van der Waals surface area contributed by atoms with Crippen LogP contribution in [0.15, 0.2) is 12.3 Å². The first-order valence-corrected chi connectivity index (χ1v) is 9.49. The predicted molar refractivity (Wildman–Crippen MR) is 94.6 cm³/mol. The first kappa shape index (κ1) is 15.7. The van der Waals surface area contributed by atoms with Gasteiger partial charge in [0.05, 0.1) is 36.5 Å². The lowest BCUT2D eigenvalue weighted by atomic mass is 10.1. The second-order valence-electron chi connectivity index (χ2n) is 6.26.